The lowest BCUT2D eigenvalue weighted by atomic mass is 9.93. The number of benzene rings is 1. The molecule has 0 saturated heterocycles. The summed E-state index contributed by atoms with van der Waals surface area (Å²) in [5.41, 5.74) is 0.656. The summed E-state index contributed by atoms with van der Waals surface area (Å²) in [5.74, 6) is 1.66. The summed E-state index contributed by atoms with van der Waals surface area (Å²) in [6.07, 6.45) is 1.69. The standard InChI is InChI=1S/C15H19NO2S/c1-12-14(8-9-18-12)19-11-15(10-17,16-2)13-6-4-3-5-7-13/h3-9,16-17H,10-11H2,1-2H3. The van der Waals surface area contributed by atoms with Crippen molar-refractivity contribution >= 4 is 11.8 Å². The Kier molecular flexibility index (Phi) is 4.69. The molecule has 1 heterocycles. The molecule has 2 aromatic rings. The minimum Gasteiger partial charge on any atom is -0.468 e. The maximum absolute atomic E-state index is 9.83. The van der Waals surface area contributed by atoms with E-state index in [4.69, 9.17) is 4.42 Å². The fourth-order valence-electron chi connectivity index (χ4n) is 2.00. The molecule has 2 N–H and O–H groups in total. The van der Waals surface area contributed by atoms with Gasteiger partial charge in [0.1, 0.15) is 5.76 Å². The maximum Gasteiger partial charge on any atom is 0.114 e. The smallest absolute Gasteiger partial charge is 0.114 e. The molecule has 102 valence electrons. The lowest BCUT2D eigenvalue weighted by molar-refractivity contribution is 0.187. The first kappa shape index (κ1) is 14.2. The first-order valence-corrected chi connectivity index (χ1v) is 7.22. The zero-order chi connectivity index (χ0) is 13.7. The zero-order valence-corrected chi connectivity index (χ0v) is 12.0. The van der Waals surface area contributed by atoms with Crippen LogP contribution in [0.25, 0.3) is 0 Å². The van der Waals surface area contributed by atoms with Crippen LogP contribution in [-0.4, -0.2) is 24.5 Å². The van der Waals surface area contributed by atoms with Crippen LogP contribution in [0.1, 0.15) is 11.3 Å². The van der Waals surface area contributed by atoms with Gasteiger partial charge in [-0.25, -0.2) is 0 Å². The van der Waals surface area contributed by atoms with Crippen LogP contribution in [0.3, 0.4) is 0 Å². The highest BCUT2D eigenvalue weighted by molar-refractivity contribution is 7.99. The number of aliphatic hydroxyl groups is 1. The van der Waals surface area contributed by atoms with E-state index >= 15 is 0 Å². The molecule has 3 nitrogen and oxygen atoms in total. The molecule has 4 heteroatoms. The Morgan fingerprint density at radius 2 is 2.00 bits per heavy atom. The minimum absolute atomic E-state index is 0.0530. The van der Waals surface area contributed by atoms with E-state index in [1.807, 2.05) is 50.4 Å². The Hall–Kier alpha value is -1.23. The van der Waals surface area contributed by atoms with Crippen LogP contribution in [0, 0.1) is 6.92 Å². The van der Waals surface area contributed by atoms with Crippen molar-refractivity contribution in [2.45, 2.75) is 17.4 Å². The molecule has 0 amide bonds. The van der Waals surface area contributed by atoms with E-state index in [0.717, 1.165) is 22.0 Å². The van der Waals surface area contributed by atoms with Crippen molar-refractivity contribution in [3.8, 4) is 0 Å². The second-order valence-corrected chi connectivity index (χ2v) is 5.50. The number of likely N-dealkylation sites (N-methyl/N-ethyl adjacent to an activating group) is 1. The largest absolute Gasteiger partial charge is 0.468 e. The molecular formula is C15H19NO2S. The molecule has 0 radical (unpaired) electrons. The second kappa shape index (κ2) is 6.28. The summed E-state index contributed by atoms with van der Waals surface area (Å²) >= 11 is 1.69. The van der Waals surface area contributed by atoms with Crippen molar-refractivity contribution in [2.75, 3.05) is 19.4 Å². The van der Waals surface area contributed by atoms with Gasteiger partial charge in [0.2, 0.25) is 0 Å². The van der Waals surface area contributed by atoms with Crippen LogP contribution in [0.4, 0.5) is 0 Å². The molecule has 1 aromatic heterocycles. The maximum atomic E-state index is 9.83. The Balaban J connectivity index is 2.18. The number of aliphatic hydroxyl groups excluding tert-OH is 1. The van der Waals surface area contributed by atoms with Crippen LogP contribution in [0.5, 0.6) is 0 Å². The van der Waals surface area contributed by atoms with Crippen LogP contribution >= 0.6 is 11.8 Å². The van der Waals surface area contributed by atoms with Crippen molar-refractivity contribution in [1.29, 1.82) is 0 Å². The van der Waals surface area contributed by atoms with Crippen molar-refractivity contribution in [1.82, 2.24) is 5.32 Å². The molecule has 0 aliphatic heterocycles. The Labute approximate surface area is 118 Å². The highest BCUT2D eigenvalue weighted by Gasteiger charge is 2.30. The molecule has 0 fully saturated rings. The normalized spacial score (nSPS) is 14.3. The van der Waals surface area contributed by atoms with Gasteiger partial charge in [0, 0.05) is 10.6 Å². The predicted molar refractivity (Wildman–Crippen MR) is 78.4 cm³/mol. The molecule has 0 saturated carbocycles. The van der Waals surface area contributed by atoms with Crippen molar-refractivity contribution < 1.29 is 9.52 Å². The Morgan fingerprint density at radius 1 is 1.26 bits per heavy atom. The molecule has 1 unspecified atom stereocenters. The van der Waals surface area contributed by atoms with Gasteiger partial charge in [-0.2, -0.15) is 0 Å². The molecule has 0 spiro atoms. The average molecular weight is 277 g/mol. The topological polar surface area (TPSA) is 45.4 Å². The molecule has 2 rings (SSSR count). The average Bonchev–Trinajstić information content (AvgIpc) is 2.87. The number of nitrogens with one attached hydrogen (secondary N) is 1. The molecule has 0 aliphatic carbocycles. The lowest BCUT2D eigenvalue weighted by Gasteiger charge is -2.31. The lowest BCUT2D eigenvalue weighted by Crippen LogP contribution is -2.45. The predicted octanol–water partition coefficient (Wildman–Crippen LogP) is 2.79. The van der Waals surface area contributed by atoms with Gasteiger partial charge in [0.15, 0.2) is 0 Å². The fraction of sp³-hybridized carbons (Fsp3) is 0.333. The van der Waals surface area contributed by atoms with Gasteiger partial charge < -0.3 is 14.8 Å². The summed E-state index contributed by atoms with van der Waals surface area (Å²) in [7, 11) is 1.88. The van der Waals surface area contributed by atoms with Crippen molar-refractivity contribution in [3.05, 3.63) is 54.0 Å². The van der Waals surface area contributed by atoms with Crippen molar-refractivity contribution in [2.24, 2.45) is 0 Å². The first-order chi connectivity index (χ1) is 9.22. The summed E-state index contributed by atoms with van der Waals surface area (Å²) in [6.45, 7) is 2.00. The van der Waals surface area contributed by atoms with Crippen molar-refractivity contribution in [3.63, 3.8) is 0 Å². The van der Waals surface area contributed by atoms with Gasteiger partial charge in [-0.1, -0.05) is 30.3 Å². The molecule has 0 aliphatic rings. The number of hydrogen-bond donors (Lipinski definition) is 2. The van der Waals surface area contributed by atoms with E-state index in [0.29, 0.717) is 0 Å². The quantitative estimate of drug-likeness (QED) is 0.797. The minimum atomic E-state index is -0.435. The first-order valence-electron chi connectivity index (χ1n) is 6.24. The third-order valence-corrected chi connectivity index (χ3v) is 4.73. The van der Waals surface area contributed by atoms with Crippen LogP contribution in [0.2, 0.25) is 0 Å². The number of furan rings is 1. The summed E-state index contributed by atoms with van der Waals surface area (Å²) in [6, 6.07) is 12.0. The number of rotatable bonds is 6. The second-order valence-electron chi connectivity index (χ2n) is 4.49. The number of hydrogen-bond acceptors (Lipinski definition) is 4. The highest BCUT2D eigenvalue weighted by atomic mass is 32.2. The molecule has 19 heavy (non-hydrogen) atoms. The van der Waals surface area contributed by atoms with Gasteiger partial charge in [-0.3, -0.25) is 0 Å². The Morgan fingerprint density at radius 3 is 2.53 bits per heavy atom. The highest BCUT2D eigenvalue weighted by Crippen LogP contribution is 2.31. The SMILES string of the molecule is CNC(CO)(CSc1ccoc1C)c1ccccc1. The monoisotopic (exact) mass is 277 g/mol. The Bertz CT molecular complexity index is 506. The van der Waals surface area contributed by atoms with Crippen LogP contribution in [-0.2, 0) is 5.54 Å². The molecule has 1 atom stereocenters. The van der Waals surface area contributed by atoms with E-state index in [9.17, 15) is 5.11 Å². The van der Waals surface area contributed by atoms with Gasteiger partial charge in [-0.15, -0.1) is 11.8 Å². The third-order valence-electron chi connectivity index (χ3n) is 3.36. The summed E-state index contributed by atoms with van der Waals surface area (Å²) in [5, 5.41) is 13.1. The van der Waals surface area contributed by atoms with E-state index in [1.54, 1.807) is 18.0 Å². The summed E-state index contributed by atoms with van der Waals surface area (Å²) < 4.78 is 5.30. The number of aryl methyl sites for hydroxylation is 1. The van der Waals surface area contributed by atoms with Gasteiger partial charge in [0.05, 0.1) is 18.4 Å². The molecule has 1 aromatic carbocycles. The van der Waals surface area contributed by atoms with E-state index in [1.165, 1.54) is 0 Å². The third kappa shape index (κ3) is 3.03. The zero-order valence-electron chi connectivity index (χ0n) is 11.2. The van der Waals surface area contributed by atoms with Crippen LogP contribution < -0.4 is 5.32 Å². The van der Waals surface area contributed by atoms with Gasteiger partial charge >= 0.3 is 0 Å². The molecular weight excluding hydrogens is 258 g/mol. The van der Waals surface area contributed by atoms with Gasteiger partial charge in [-0.05, 0) is 25.6 Å². The van der Waals surface area contributed by atoms with E-state index in [2.05, 4.69) is 5.32 Å². The summed E-state index contributed by atoms with van der Waals surface area (Å²) in [4.78, 5) is 1.11. The van der Waals surface area contributed by atoms with Crippen LogP contribution in [0.15, 0.2) is 52.0 Å². The van der Waals surface area contributed by atoms with Gasteiger partial charge in [0.25, 0.3) is 0 Å². The van der Waals surface area contributed by atoms with E-state index < -0.39 is 5.54 Å². The fourth-order valence-corrected chi connectivity index (χ4v) is 3.20. The number of thioether (sulfide) groups is 1. The molecule has 0 bridgehead atoms. The van der Waals surface area contributed by atoms with E-state index in [-0.39, 0.29) is 6.61 Å².